The molecule has 1 aromatic heterocycles. The Balaban J connectivity index is 3.22. The summed E-state index contributed by atoms with van der Waals surface area (Å²) < 4.78 is 14.0. The van der Waals surface area contributed by atoms with Gasteiger partial charge in [-0.2, -0.15) is 4.39 Å². The van der Waals surface area contributed by atoms with Crippen LogP contribution in [-0.4, -0.2) is 23.2 Å². The Morgan fingerprint density at radius 1 is 1.71 bits per heavy atom. The summed E-state index contributed by atoms with van der Waals surface area (Å²) in [5, 5.41) is 9.16. The van der Waals surface area contributed by atoms with Gasteiger partial charge in [0.1, 0.15) is 0 Å². The lowest BCUT2D eigenvalue weighted by atomic mass is 9.84. The highest BCUT2D eigenvalue weighted by molar-refractivity contribution is 9.10. The minimum Gasteiger partial charge on any atom is -0.395 e. The predicted molar refractivity (Wildman–Crippen MR) is 55.4 cm³/mol. The van der Waals surface area contributed by atoms with Gasteiger partial charge >= 0.3 is 0 Å². The smallest absolute Gasteiger partial charge is 0.216 e. The molecular weight excluding hydrogens is 251 g/mol. The van der Waals surface area contributed by atoms with Gasteiger partial charge in [0.05, 0.1) is 6.61 Å². The van der Waals surface area contributed by atoms with Crippen molar-refractivity contribution in [3.63, 3.8) is 0 Å². The van der Waals surface area contributed by atoms with Gasteiger partial charge < -0.3 is 10.8 Å². The Kier molecular flexibility index (Phi) is 3.58. The van der Waals surface area contributed by atoms with Gasteiger partial charge in [-0.15, -0.1) is 0 Å². The molecule has 0 bridgehead atoms. The number of pyridine rings is 1. The largest absolute Gasteiger partial charge is 0.395 e. The Morgan fingerprint density at radius 3 is 2.86 bits per heavy atom. The van der Waals surface area contributed by atoms with E-state index in [-0.39, 0.29) is 13.2 Å². The summed E-state index contributed by atoms with van der Waals surface area (Å²) in [7, 11) is 0. The molecule has 0 aromatic carbocycles. The van der Waals surface area contributed by atoms with E-state index in [1.165, 1.54) is 6.20 Å². The van der Waals surface area contributed by atoms with Gasteiger partial charge in [-0.25, -0.2) is 4.98 Å². The van der Waals surface area contributed by atoms with Crippen LogP contribution in [0.1, 0.15) is 12.5 Å². The van der Waals surface area contributed by atoms with Crippen LogP contribution in [0.4, 0.5) is 4.39 Å². The molecule has 5 heteroatoms. The minimum absolute atomic E-state index is 0.165. The zero-order chi connectivity index (χ0) is 10.8. The van der Waals surface area contributed by atoms with Crippen molar-refractivity contribution < 1.29 is 9.50 Å². The van der Waals surface area contributed by atoms with Crippen LogP contribution >= 0.6 is 15.9 Å². The zero-order valence-corrected chi connectivity index (χ0v) is 9.38. The molecule has 0 fully saturated rings. The van der Waals surface area contributed by atoms with Gasteiger partial charge in [0.25, 0.3) is 0 Å². The van der Waals surface area contributed by atoms with E-state index in [0.29, 0.717) is 10.0 Å². The molecule has 1 atom stereocenters. The molecule has 3 nitrogen and oxygen atoms in total. The fraction of sp³-hybridized carbons (Fsp3) is 0.444. The first kappa shape index (κ1) is 11.6. The van der Waals surface area contributed by atoms with Crippen molar-refractivity contribution in [2.75, 3.05) is 13.2 Å². The van der Waals surface area contributed by atoms with Crippen LogP contribution in [0.5, 0.6) is 0 Å². The van der Waals surface area contributed by atoms with Crippen molar-refractivity contribution in [3.05, 3.63) is 28.2 Å². The summed E-state index contributed by atoms with van der Waals surface area (Å²) in [6, 6.07) is 1.59. The van der Waals surface area contributed by atoms with E-state index in [4.69, 9.17) is 10.8 Å². The molecule has 0 saturated heterocycles. The maximum absolute atomic E-state index is 13.3. The molecule has 0 aliphatic carbocycles. The monoisotopic (exact) mass is 262 g/mol. The zero-order valence-electron chi connectivity index (χ0n) is 7.80. The van der Waals surface area contributed by atoms with Crippen molar-refractivity contribution in [2.24, 2.45) is 5.73 Å². The maximum Gasteiger partial charge on any atom is 0.216 e. The Morgan fingerprint density at radius 2 is 2.36 bits per heavy atom. The summed E-state index contributed by atoms with van der Waals surface area (Å²) in [6.45, 7) is 1.65. The number of aliphatic hydroxyl groups excluding tert-OH is 1. The molecule has 14 heavy (non-hydrogen) atoms. The fourth-order valence-electron chi connectivity index (χ4n) is 1.11. The van der Waals surface area contributed by atoms with Gasteiger partial charge in [-0.3, -0.25) is 0 Å². The molecular formula is C9H12BrFN2O. The molecule has 1 rings (SSSR count). The van der Waals surface area contributed by atoms with Gasteiger partial charge in [0.15, 0.2) is 0 Å². The van der Waals surface area contributed by atoms with Crippen molar-refractivity contribution in [3.8, 4) is 0 Å². The quantitative estimate of drug-likeness (QED) is 0.805. The van der Waals surface area contributed by atoms with Crippen LogP contribution in [-0.2, 0) is 5.41 Å². The maximum atomic E-state index is 13.3. The molecule has 0 saturated carbocycles. The third-order valence-corrected chi connectivity index (χ3v) is 2.69. The highest BCUT2D eigenvalue weighted by atomic mass is 79.9. The van der Waals surface area contributed by atoms with E-state index in [9.17, 15) is 4.39 Å². The summed E-state index contributed by atoms with van der Waals surface area (Å²) in [5.74, 6) is -0.588. The second kappa shape index (κ2) is 4.33. The molecule has 0 aliphatic heterocycles. The lowest BCUT2D eigenvalue weighted by Crippen LogP contribution is -2.36. The second-order valence-corrected chi connectivity index (χ2v) is 4.33. The van der Waals surface area contributed by atoms with Crippen molar-refractivity contribution in [2.45, 2.75) is 12.3 Å². The van der Waals surface area contributed by atoms with Gasteiger partial charge in [0.2, 0.25) is 5.95 Å². The Labute approximate surface area is 90.3 Å². The molecule has 1 heterocycles. The third kappa shape index (κ3) is 2.10. The van der Waals surface area contributed by atoms with E-state index in [1.807, 2.05) is 0 Å². The number of aromatic nitrogens is 1. The highest BCUT2D eigenvalue weighted by Crippen LogP contribution is 2.26. The average molecular weight is 263 g/mol. The summed E-state index contributed by atoms with van der Waals surface area (Å²) in [6.07, 6.45) is 1.37. The fourth-order valence-corrected chi connectivity index (χ4v) is 1.44. The number of halogens is 2. The molecule has 0 spiro atoms. The van der Waals surface area contributed by atoms with Crippen LogP contribution in [0.25, 0.3) is 0 Å². The van der Waals surface area contributed by atoms with E-state index >= 15 is 0 Å². The topological polar surface area (TPSA) is 59.1 Å². The Bertz CT molecular complexity index is 329. The van der Waals surface area contributed by atoms with Crippen molar-refractivity contribution in [1.82, 2.24) is 4.98 Å². The van der Waals surface area contributed by atoms with Crippen LogP contribution in [0.15, 0.2) is 16.7 Å². The SMILES string of the molecule is CC(CN)(CO)c1cc(Br)cnc1F. The second-order valence-electron chi connectivity index (χ2n) is 3.41. The molecule has 1 aromatic rings. The number of nitrogens with two attached hydrogens (primary N) is 1. The first-order valence-corrected chi connectivity index (χ1v) is 4.95. The highest BCUT2D eigenvalue weighted by Gasteiger charge is 2.28. The van der Waals surface area contributed by atoms with E-state index in [1.54, 1.807) is 13.0 Å². The molecule has 0 radical (unpaired) electrons. The van der Waals surface area contributed by atoms with Gasteiger partial charge in [0, 0.05) is 28.2 Å². The number of rotatable bonds is 3. The molecule has 3 N–H and O–H groups in total. The number of hydrogen-bond acceptors (Lipinski definition) is 3. The van der Waals surface area contributed by atoms with Crippen molar-refractivity contribution >= 4 is 15.9 Å². The minimum atomic E-state index is -0.777. The number of hydrogen-bond donors (Lipinski definition) is 2. The van der Waals surface area contributed by atoms with E-state index in [0.717, 1.165) is 0 Å². The van der Waals surface area contributed by atoms with Gasteiger partial charge in [-0.05, 0) is 22.0 Å². The number of aliphatic hydroxyl groups is 1. The summed E-state index contributed by atoms with van der Waals surface area (Å²) in [5.41, 5.74) is 5.05. The van der Waals surface area contributed by atoms with Crippen LogP contribution < -0.4 is 5.73 Å². The lowest BCUT2D eigenvalue weighted by Gasteiger charge is -2.25. The first-order chi connectivity index (χ1) is 6.53. The van der Waals surface area contributed by atoms with Crippen LogP contribution in [0.3, 0.4) is 0 Å². The standard InChI is InChI=1S/C9H12BrFN2O/c1-9(4-12,5-14)7-2-6(10)3-13-8(7)11/h2-3,14H,4-5,12H2,1H3. The van der Waals surface area contributed by atoms with Gasteiger partial charge in [-0.1, -0.05) is 6.92 Å². The summed E-state index contributed by atoms with van der Waals surface area (Å²) in [4.78, 5) is 3.56. The Hall–Kier alpha value is -0.520. The van der Waals surface area contributed by atoms with E-state index in [2.05, 4.69) is 20.9 Å². The first-order valence-electron chi connectivity index (χ1n) is 4.16. The van der Waals surface area contributed by atoms with Crippen molar-refractivity contribution in [1.29, 1.82) is 0 Å². The molecule has 1 unspecified atom stereocenters. The summed E-state index contributed by atoms with van der Waals surface area (Å²) >= 11 is 3.20. The molecule has 78 valence electrons. The average Bonchev–Trinajstić information content (AvgIpc) is 2.20. The molecule has 0 aliphatic rings. The predicted octanol–water partition coefficient (Wildman–Crippen LogP) is 1.19. The third-order valence-electron chi connectivity index (χ3n) is 2.26. The van der Waals surface area contributed by atoms with Crippen LogP contribution in [0.2, 0.25) is 0 Å². The van der Waals surface area contributed by atoms with E-state index < -0.39 is 11.4 Å². The number of nitrogens with zero attached hydrogens (tertiary/aromatic N) is 1. The normalized spacial score (nSPS) is 15.2. The molecule has 0 amide bonds. The lowest BCUT2D eigenvalue weighted by molar-refractivity contribution is 0.205. The van der Waals surface area contributed by atoms with Crippen LogP contribution in [0, 0.1) is 5.95 Å².